The highest BCUT2D eigenvalue weighted by Gasteiger charge is 2.17. The first-order chi connectivity index (χ1) is 16.0. The summed E-state index contributed by atoms with van der Waals surface area (Å²) < 4.78 is 13.7. The molecule has 1 N–H and O–H groups in total. The van der Waals surface area contributed by atoms with E-state index in [1.165, 1.54) is 4.57 Å². The van der Waals surface area contributed by atoms with Crippen LogP contribution in [0, 0.1) is 11.3 Å². The fourth-order valence-electron chi connectivity index (χ4n) is 3.42. The fourth-order valence-corrected chi connectivity index (χ4v) is 4.81. The molecule has 0 spiro atoms. The molecule has 1 fully saturated rings. The number of methoxy groups -OCH3 is 1. The molecule has 0 aliphatic carbocycles. The van der Waals surface area contributed by atoms with E-state index in [0.29, 0.717) is 55.1 Å². The molecule has 3 rings (SSSR count). The smallest absolute Gasteiger partial charge is 0.269 e. The van der Waals surface area contributed by atoms with Crippen LogP contribution in [0.3, 0.4) is 0 Å². The van der Waals surface area contributed by atoms with Crippen molar-refractivity contribution in [2.45, 2.75) is 13.0 Å². The molecule has 2 heterocycles. The summed E-state index contributed by atoms with van der Waals surface area (Å²) >= 11 is 4.57. The molecule has 33 heavy (non-hydrogen) atoms. The maximum absolute atomic E-state index is 13.1. The molecule has 1 aromatic carbocycles. The minimum absolute atomic E-state index is 0.0491. The summed E-state index contributed by atoms with van der Waals surface area (Å²) in [7, 11) is 1.60. The number of carbonyl (C=O) groups excluding carboxylic acids is 1. The molecule has 10 heteroatoms. The number of thiazole rings is 1. The zero-order valence-corrected chi connectivity index (χ0v) is 20.9. The molecule has 0 radical (unpaired) electrons. The molecule has 2 aromatic rings. The Morgan fingerprint density at radius 2 is 2.03 bits per heavy atom. The van der Waals surface area contributed by atoms with Crippen molar-refractivity contribution in [1.29, 1.82) is 5.26 Å². The van der Waals surface area contributed by atoms with Crippen molar-refractivity contribution >= 4 is 44.8 Å². The normalized spacial score (nSPS) is 15.8. The first kappa shape index (κ1) is 25.3. The van der Waals surface area contributed by atoms with Crippen LogP contribution in [0.5, 0.6) is 0 Å². The molecule has 0 bridgehead atoms. The Bertz CT molecular complexity index is 1160. The number of nitrogens with zero attached hydrogens (tertiary/aromatic N) is 3. The summed E-state index contributed by atoms with van der Waals surface area (Å²) in [5.41, 5.74) is 0.593. The van der Waals surface area contributed by atoms with Gasteiger partial charge in [-0.05, 0) is 30.2 Å². The number of hydrogen-bond acceptors (Lipinski definition) is 7. The number of hydrogen-bond donors (Lipinski definition) is 1. The van der Waals surface area contributed by atoms with Gasteiger partial charge in [-0.3, -0.25) is 19.1 Å². The molecule has 0 atom stereocenters. The van der Waals surface area contributed by atoms with Gasteiger partial charge in [-0.1, -0.05) is 28.1 Å². The first-order valence-corrected chi connectivity index (χ1v) is 12.3. The molecule has 1 amide bonds. The first-order valence-electron chi connectivity index (χ1n) is 10.7. The second-order valence-corrected chi connectivity index (χ2v) is 9.41. The molecule has 1 saturated heterocycles. The minimum atomic E-state index is -0.470. The van der Waals surface area contributed by atoms with Gasteiger partial charge in [-0.25, -0.2) is 0 Å². The average molecular weight is 535 g/mol. The Hall–Kier alpha value is -2.29. The van der Waals surface area contributed by atoms with Gasteiger partial charge in [0.15, 0.2) is 5.57 Å². The lowest BCUT2D eigenvalue weighted by Gasteiger charge is -2.26. The monoisotopic (exact) mass is 534 g/mol. The van der Waals surface area contributed by atoms with Crippen LogP contribution < -0.4 is 20.1 Å². The van der Waals surface area contributed by atoms with E-state index in [1.807, 2.05) is 30.3 Å². The van der Waals surface area contributed by atoms with E-state index >= 15 is 0 Å². The molecular weight excluding hydrogens is 508 g/mol. The molecule has 1 aromatic heterocycles. The maximum atomic E-state index is 13.1. The largest absolute Gasteiger partial charge is 0.385 e. The van der Waals surface area contributed by atoms with Crippen LogP contribution >= 0.6 is 27.3 Å². The van der Waals surface area contributed by atoms with Crippen molar-refractivity contribution in [2.24, 2.45) is 0 Å². The molecule has 8 nitrogen and oxygen atoms in total. The maximum Gasteiger partial charge on any atom is 0.269 e. The SMILES string of the molecule is COCCCn1c(=O)/c(=C\c2ccc(Br)cc2)s/c1=C(/C#N)C(=O)NCCN1CCOCC1. The van der Waals surface area contributed by atoms with Crippen LogP contribution in [-0.4, -0.2) is 68.5 Å². The fraction of sp³-hybridized carbons (Fsp3) is 0.435. The van der Waals surface area contributed by atoms with Gasteiger partial charge in [0.05, 0.1) is 17.7 Å². The standard InChI is InChI=1S/C23H27BrN4O4S/c1-31-12-2-8-28-22(30)20(15-17-3-5-18(24)6-4-17)33-23(28)19(16-25)21(29)26-7-9-27-10-13-32-14-11-27/h3-6,15H,2,7-14H2,1H3,(H,26,29)/b20-15+,23-19-. The number of morpholine rings is 1. The number of nitriles is 1. The third-order valence-corrected chi connectivity index (χ3v) is 6.83. The van der Waals surface area contributed by atoms with Gasteiger partial charge in [0.25, 0.3) is 11.5 Å². The number of benzene rings is 1. The van der Waals surface area contributed by atoms with Gasteiger partial charge in [-0.2, -0.15) is 5.26 Å². The predicted molar refractivity (Wildman–Crippen MR) is 131 cm³/mol. The van der Waals surface area contributed by atoms with Crippen molar-refractivity contribution in [3.63, 3.8) is 0 Å². The van der Waals surface area contributed by atoms with E-state index in [0.717, 1.165) is 34.5 Å². The van der Waals surface area contributed by atoms with Gasteiger partial charge in [-0.15, -0.1) is 11.3 Å². The van der Waals surface area contributed by atoms with Crippen LogP contribution in [0.1, 0.15) is 12.0 Å². The highest BCUT2D eigenvalue weighted by Crippen LogP contribution is 2.10. The van der Waals surface area contributed by atoms with E-state index in [2.05, 4.69) is 26.1 Å². The summed E-state index contributed by atoms with van der Waals surface area (Å²) in [6.45, 7) is 4.95. The number of halogens is 1. The second-order valence-electron chi connectivity index (χ2n) is 7.47. The van der Waals surface area contributed by atoms with E-state index in [4.69, 9.17) is 9.47 Å². The van der Waals surface area contributed by atoms with Crippen LogP contribution in [0.25, 0.3) is 11.6 Å². The number of carbonyl (C=O) groups is 1. The molecule has 0 saturated carbocycles. The second kappa shape index (κ2) is 12.8. The zero-order chi connectivity index (χ0) is 23.6. The highest BCUT2D eigenvalue weighted by molar-refractivity contribution is 9.10. The highest BCUT2D eigenvalue weighted by atomic mass is 79.9. The third kappa shape index (κ3) is 7.09. The summed E-state index contributed by atoms with van der Waals surface area (Å²) in [6, 6.07) is 9.60. The van der Waals surface area contributed by atoms with E-state index in [9.17, 15) is 14.9 Å². The van der Waals surface area contributed by atoms with Crippen LogP contribution in [0.15, 0.2) is 33.5 Å². The molecule has 1 aliphatic heterocycles. The Balaban J connectivity index is 1.92. The molecule has 0 unspecified atom stereocenters. The van der Waals surface area contributed by atoms with Crippen LogP contribution in [0.4, 0.5) is 0 Å². The average Bonchev–Trinajstić information content (AvgIpc) is 3.12. The number of aromatic nitrogens is 1. The van der Waals surface area contributed by atoms with E-state index in [1.54, 1.807) is 13.2 Å². The van der Waals surface area contributed by atoms with Gasteiger partial charge in [0.1, 0.15) is 10.7 Å². The third-order valence-electron chi connectivity index (χ3n) is 5.18. The lowest BCUT2D eigenvalue weighted by molar-refractivity contribution is -0.115. The van der Waals surface area contributed by atoms with Crippen molar-refractivity contribution in [2.75, 3.05) is 53.1 Å². The van der Waals surface area contributed by atoms with Gasteiger partial charge in [0.2, 0.25) is 0 Å². The van der Waals surface area contributed by atoms with Gasteiger partial charge in [0, 0.05) is 50.9 Å². The number of rotatable bonds is 9. The van der Waals surface area contributed by atoms with Crippen molar-refractivity contribution in [3.05, 3.63) is 53.9 Å². The Labute approximate surface area is 204 Å². The van der Waals surface area contributed by atoms with Crippen molar-refractivity contribution in [3.8, 4) is 6.07 Å². The van der Waals surface area contributed by atoms with Crippen LogP contribution in [0.2, 0.25) is 0 Å². The molecule has 176 valence electrons. The minimum Gasteiger partial charge on any atom is -0.385 e. The number of amides is 1. The molecule has 1 aliphatic rings. The lowest BCUT2D eigenvalue weighted by Crippen LogP contribution is -2.42. The summed E-state index contributed by atoms with van der Waals surface area (Å²) in [6.07, 6.45) is 2.37. The van der Waals surface area contributed by atoms with Gasteiger partial charge < -0.3 is 14.8 Å². The quantitative estimate of drug-likeness (QED) is 0.474. The van der Waals surface area contributed by atoms with Crippen molar-refractivity contribution < 1.29 is 14.3 Å². The topological polar surface area (TPSA) is 96.6 Å². The summed E-state index contributed by atoms with van der Waals surface area (Å²) in [4.78, 5) is 28.2. The summed E-state index contributed by atoms with van der Waals surface area (Å²) in [5, 5.41) is 12.6. The summed E-state index contributed by atoms with van der Waals surface area (Å²) in [5.74, 6) is -0.470. The number of nitrogens with one attached hydrogen (secondary N) is 1. The lowest BCUT2D eigenvalue weighted by atomic mass is 10.2. The van der Waals surface area contributed by atoms with E-state index in [-0.39, 0.29) is 11.1 Å². The number of ether oxygens (including phenoxy) is 2. The van der Waals surface area contributed by atoms with Gasteiger partial charge >= 0.3 is 0 Å². The Morgan fingerprint density at radius 1 is 1.30 bits per heavy atom. The predicted octanol–water partition coefficient (Wildman–Crippen LogP) is 0.660. The Kier molecular flexibility index (Phi) is 9.84. The van der Waals surface area contributed by atoms with Crippen LogP contribution in [-0.2, 0) is 20.8 Å². The Morgan fingerprint density at radius 3 is 2.70 bits per heavy atom. The zero-order valence-electron chi connectivity index (χ0n) is 18.5. The molecular formula is C23H27BrN4O4S. The van der Waals surface area contributed by atoms with E-state index < -0.39 is 5.91 Å². The van der Waals surface area contributed by atoms with Crippen molar-refractivity contribution in [1.82, 2.24) is 14.8 Å².